The average molecular weight is 578 g/mol. The lowest BCUT2D eigenvalue weighted by Gasteiger charge is -2.20. The van der Waals surface area contributed by atoms with Crippen molar-refractivity contribution >= 4 is 56.2 Å². The lowest BCUT2D eigenvalue weighted by Crippen LogP contribution is -2.09. The largest absolute Gasteiger partial charge is 0.466 e. The standard InChI is InChI=1S/C27H26BrClO7/c1-4-5-15-33-23(32)14-13-20-21(28)11-8-12-22(20)36-27-24(29)25(34-16(2)30)18-9-6-7-10-19(18)26(27)35-17(3)31/h6-12H,4-5,13-15H2,1-3H3. The van der Waals surface area contributed by atoms with E-state index in [1.54, 1.807) is 36.4 Å². The third-order valence-corrected chi connectivity index (χ3v) is 6.23. The van der Waals surface area contributed by atoms with Crippen LogP contribution in [0.25, 0.3) is 10.8 Å². The summed E-state index contributed by atoms with van der Waals surface area (Å²) in [4.78, 5) is 36.0. The van der Waals surface area contributed by atoms with Gasteiger partial charge in [0.15, 0.2) is 17.2 Å². The van der Waals surface area contributed by atoms with E-state index < -0.39 is 11.9 Å². The van der Waals surface area contributed by atoms with Gasteiger partial charge in [0.2, 0.25) is 0 Å². The van der Waals surface area contributed by atoms with Crippen LogP contribution in [0.15, 0.2) is 46.9 Å². The monoisotopic (exact) mass is 576 g/mol. The molecule has 0 N–H and O–H groups in total. The molecule has 0 aliphatic carbocycles. The summed E-state index contributed by atoms with van der Waals surface area (Å²) in [7, 11) is 0. The molecule has 0 radical (unpaired) electrons. The van der Waals surface area contributed by atoms with E-state index in [4.69, 9.17) is 30.5 Å². The van der Waals surface area contributed by atoms with E-state index >= 15 is 0 Å². The van der Waals surface area contributed by atoms with Gasteiger partial charge in [0.05, 0.1) is 6.61 Å². The molecule has 0 aliphatic heterocycles. The fraction of sp³-hybridized carbons (Fsp3) is 0.296. The van der Waals surface area contributed by atoms with Crippen molar-refractivity contribution in [2.75, 3.05) is 6.61 Å². The summed E-state index contributed by atoms with van der Waals surface area (Å²) in [5.41, 5.74) is 0.692. The van der Waals surface area contributed by atoms with Crippen molar-refractivity contribution < 1.29 is 33.3 Å². The van der Waals surface area contributed by atoms with E-state index in [1.807, 2.05) is 13.0 Å². The first kappa shape index (κ1) is 27.5. The SMILES string of the molecule is CCCCOC(=O)CCc1c(Br)cccc1Oc1c(Cl)c(OC(C)=O)c2ccccc2c1OC(C)=O. The van der Waals surface area contributed by atoms with Crippen molar-refractivity contribution in [3.05, 3.63) is 57.5 Å². The van der Waals surface area contributed by atoms with Gasteiger partial charge < -0.3 is 18.9 Å². The van der Waals surface area contributed by atoms with Gasteiger partial charge >= 0.3 is 17.9 Å². The predicted molar refractivity (Wildman–Crippen MR) is 140 cm³/mol. The first-order valence-corrected chi connectivity index (χ1v) is 12.6. The Morgan fingerprint density at radius 3 is 2.17 bits per heavy atom. The zero-order valence-corrected chi connectivity index (χ0v) is 22.5. The molecule has 0 unspecified atom stereocenters. The minimum Gasteiger partial charge on any atom is -0.466 e. The van der Waals surface area contributed by atoms with E-state index in [-0.39, 0.29) is 34.7 Å². The van der Waals surface area contributed by atoms with Crippen LogP contribution >= 0.6 is 27.5 Å². The Labute approximate surface area is 222 Å². The van der Waals surface area contributed by atoms with Crippen LogP contribution in [0.1, 0.15) is 45.6 Å². The number of esters is 3. The number of fused-ring (bicyclic) bond motifs is 1. The molecule has 0 saturated carbocycles. The Bertz CT molecular complexity index is 1290. The second-order valence-corrected chi connectivity index (χ2v) is 9.16. The maximum absolute atomic E-state index is 12.2. The Morgan fingerprint density at radius 1 is 0.889 bits per heavy atom. The van der Waals surface area contributed by atoms with Gasteiger partial charge in [-0.25, -0.2) is 0 Å². The van der Waals surface area contributed by atoms with Crippen LogP contribution < -0.4 is 14.2 Å². The zero-order chi connectivity index (χ0) is 26.2. The number of rotatable bonds is 10. The molecule has 9 heteroatoms. The third kappa shape index (κ3) is 6.77. The molecule has 190 valence electrons. The maximum Gasteiger partial charge on any atom is 0.308 e. The number of hydrogen-bond donors (Lipinski definition) is 0. The molecule has 7 nitrogen and oxygen atoms in total. The topological polar surface area (TPSA) is 88.1 Å². The summed E-state index contributed by atoms with van der Waals surface area (Å²) in [6, 6.07) is 12.2. The minimum atomic E-state index is -0.578. The number of carbonyl (C=O) groups excluding carboxylic acids is 3. The summed E-state index contributed by atoms with van der Waals surface area (Å²) in [6.45, 7) is 4.93. The van der Waals surface area contributed by atoms with E-state index in [1.165, 1.54) is 13.8 Å². The van der Waals surface area contributed by atoms with Crippen LogP contribution in [-0.2, 0) is 25.5 Å². The first-order valence-electron chi connectivity index (χ1n) is 11.4. The van der Waals surface area contributed by atoms with Gasteiger partial charge in [-0.05, 0) is 25.0 Å². The summed E-state index contributed by atoms with van der Waals surface area (Å²) in [5.74, 6) is -0.905. The summed E-state index contributed by atoms with van der Waals surface area (Å²) in [6.07, 6.45) is 2.21. The molecule has 36 heavy (non-hydrogen) atoms. The Balaban J connectivity index is 2.07. The number of unbranched alkanes of at least 4 members (excludes halogenated alkanes) is 1. The van der Waals surface area contributed by atoms with Gasteiger partial charge in [0.25, 0.3) is 0 Å². The van der Waals surface area contributed by atoms with Crippen molar-refractivity contribution in [1.29, 1.82) is 0 Å². The smallest absolute Gasteiger partial charge is 0.308 e. The Kier molecular flexibility index (Phi) is 9.73. The second-order valence-electron chi connectivity index (χ2n) is 7.93. The molecular weight excluding hydrogens is 552 g/mol. The molecule has 0 aliphatic rings. The quantitative estimate of drug-likeness (QED) is 0.143. The van der Waals surface area contributed by atoms with Crippen molar-refractivity contribution in [3.63, 3.8) is 0 Å². The van der Waals surface area contributed by atoms with Gasteiger partial charge in [0.1, 0.15) is 10.8 Å². The van der Waals surface area contributed by atoms with Crippen LogP contribution in [0.2, 0.25) is 5.02 Å². The van der Waals surface area contributed by atoms with Crippen molar-refractivity contribution in [3.8, 4) is 23.0 Å². The highest BCUT2D eigenvalue weighted by molar-refractivity contribution is 9.10. The average Bonchev–Trinajstić information content (AvgIpc) is 2.83. The van der Waals surface area contributed by atoms with E-state index in [0.29, 0.717) is 39.6 Å². The molecule has 0 bridgehead atoms. The molecule has 0 amide bonds. The van der Waals surface area contributed by atoms with Crippen molar-refractivity contribution in [1.82, 2.24) is 0 Å². The zero-order valence-electron chi connectivity index (χ0n) is 20.2. The first-order chi connectivity index (χ1) is 17.2. The Hall–Kier alpha value is -3.10. The number of carbonyl (C=O) groups is 3. The highest BCUT2D eigenvalue weighted by atomic mass is 79.9. The molecule has 0 atom stereocenters. The number of halogens is 2. The molecule has 0 fully saturated rings. The fourth-order valence-corrected chi connectivity index (χ4v) is 4.33. The molecule has 3 rings (SSSR count). The normalized spacial score (nSPS) is 10.7. The number of hydrogen-bond acceptors (Lipinski definition) is 7. The fourth-order valence-electron chi connectivity index (χ4n) is 3.52. The number of ether oxygens (including phenoxy) is 4. The summed E-state index contributed by atoms with van der Waals surface area (Å²) >= 11 is 10.2. The lowest BCUT2D eigenvalue weighted by atomic mass is 10.1. The molecule has 0 spiro atoms. The van der Waals surface area contributed by atoms with Crippen LogP contribution in [-0.4, -0.2) is 24.5 Å². The predicted octanol–water partition coefficient (Wildman–Crippen LogP) is 7.17. The van der Waals surface area contributed by atoms with Crippen molar-refractivity contribution in [2.45, 2.75) is 46.5 Å². The molecular formula is C27H26BrClO7. The van der Waals surface area contributed by atoms with E-state index in [0.717, 1.165) is 12.8 Å². The highest BCUT2D eigenvalue weighted by Gasteiger charge is 2.25. The third-order valence-electron chi connectivity index (χ3n) is 5.14. The van der Waals surface area contributed by atoms with Crippen LogP contribution in [0.3, 0.4) is 0 Å². The molecule has 0 heterocycles. The van der Waals surface area contributed by atoms with Gasteiger partial charge in [-0.3, -0.25) is 14.4 Å². The van der Waals surface area contributed by atoms with E-state index in [2.05, 4.69) is 15.9 Å². The maximum atomic E-state index is 12.2. The summed E-state index contributed by atoms with van der Waals surface area (Å²) in [5, 5.41) is 0.912. The number of benzene rings is 3. The van der Waals surface area contributed by atoms with Crippen molar-refractivity contribution in [2.24, 2.45) is 0 Å². The molecule has 3 aromatic rings. The Morgan fingerprint density at radius 2 is 1.53 bits per heavy atom. The minimum absolute atomic E-state index is 0.00619. The second kappa shape index (κ2) is 12.7. The molecule has 0 saturated heterocycles. The van der Waals surface area contributed by atoms with Gasteiger partial charge in [-0.15, -0.1) is 0 Å². The highest BCUT2D eigenvalue weighted by Crippen LogP contribution is 2.51. The van der Waals surface area contributed by atoms with Gasteiger partial charge in [-0.2, -0.15) is 0 Å². The summed E-state index contributed by atoms with van der Waals surface area (Å²) < 4.78 is 23.1. The molecule has 3 aromatic carbocycles. The lowest BCUT2D eigenvalue weighted by molar-refractivity contribution is -0.143. The van der Waals surface area contributed by atoms with Gasteiger partial charge in [-0.1, -0.05) is 71.2 Å². The van der Waals surface area contributed by atoms with Crippen LogP contribution in [0, 0.1) is 0 Å². The van der Waals surface area contributed by atoms with Gasteiger partial charge in [0, 0.05) is 41.1 Å². The molecule has 0 aromatic heterocycles. The van der Waals surface area contributed by atoms with Crippen LogP contribution in [0.5, 0.6) is 23.0 Å². The van der Waals surface area contributed by atoms with E-state index in [9.17, 15) is 14.4 Å². The van der Waals surface area contributed by atoms with Crippen LogP contribution in [0.4, 0.5) is 0 Å².